The Balaban J connectivity index is 4.49. The Hall–Kier alpha value is -0.940. The van der Waals surface area contributed by atoms with Gasteiger partial charge in [0.1, 0.15) is 11.6 Å². The number of hydrogen-bond donors (Lipinski definition) is 1. The number of rotatable bonds is 2. The maximum Gasteiger partial charge on any atom is 0.408 e. The lowest BCUT2D eigenvalue weighted by Crippen LogP contribution is -2.50. The number of carbonyl (C=O) groups excluding carboxylic acids is 1. The van der Waals surface area contributed by atoms with Crippen molar-refractivity contribution in [3.63, 3.8) is 0 Å². The zero-order valence-corrected chi connectivity index (χ0v) is 10.1. The summed E-state index contributed by atoms with van der Waals surface area (Å²) >= 11 is 0. The van der Waals surface area contributed by atoms with Gasteiger partial charge >= 0.3 is 12.3 Å². The molecule has 3 nitrogen and oxygen atoms in total. The van der Waals surface area contributed by atoms with Gasteiger partial charge in [0.25, 0.3) is 0 Å². The van der Waals surface area contributed by atoms with Crippen molar-refractivity contribution in [2.45, 2.75) is 52.4 Å². The highest BCUT2D eigenvalue weighted by atomic mass is 19.4. The topological polar surface area (TPSA) is 38.3 Å². The molecule has 0 fully saturated rings. The van der Waals surface area contributed by atoms with E-state index in [4.69, 9.17) is 4.74 Å². The Kier molecular flexibility index (Phi) is 4.64. The van der Waals surface area contributed by atoms with Gasteiger partial charge < -0.3 is 10.1 Å². The highest BCUT2D eigenvalue weighted by molar-refractivity contribution is 5.68. The van der Waals surface area contributed by atoms with Crippen LogP contribution in [0.25, 0.3) is 0 Å². The van der Waals surface area contributed by atoms with Crippen molar-refractivity contribution in [3.8, 4) is 0 Å². The third kappa shape index (κ3) is 5.82. The van der Waals surface area contributed by atoms with E-state index in [1.807, 2.05) is 5.32 Å². The van der Waals surface area contributed by atoms with E-state index < -0.39 is 29.8 Å². The summed E-state index contributed by atoms with van der Waals surface area (Å²) in [7, 11) is 0. The molecule has 1 N–H and O–H groups in total. The van der Waals surface area contributed by atoms with Crippen molar-refractivity contribution in [3.05, 3.63) is 0 Å². The number of alkyl halides is 3. The first-order valence-electron chi connectivity index (χ1n) is 4.99. The molecule has 0 aromatic carbocycles. The van der Waals surface area contributed by atoms with Gasteiger partial charge in [-0.15, -0.1) is 0 Å². The molecule has 1 unspecified atom stereocenters. The summed E-state index contributed by atoms with van der Waals surface area (Å²) in [5.74, 6) is -0.743. The van der Waals surface area contributed by atoms with Gasteiger partial charge in [-0.1, -0.05) is 13.8 Å². The molecule has 0 aromatic rings. The Bertz CT molecular complexity index is 243. The van der Waals surface area contributed by atoms with Crippen LogP contribution < -0.4 is 5.32 Å². The van der Waals surface area contributed by atoms with Gasteiger partial charge in [0.05, 0.1) is 0 Å². The number of amides is 1. The molecule has 0 aliphatic heterocycles. The second-order valence-corrected chi connectivity index (χ2v) is 4.91. The van der Waals surface area contributed by atoms with Crippen LogP contribution in [0.4, 0.5) is 18.0 Å². The Morgan fingerprint density at radius 3 is 1.88 bits per heavy atom. The zero-order valence-electron chi connectivity index (χ0n) is 10.1. The van der Waals surface area contributed by atoms with E-state index in [1.165, 1.54) is 13.8 Å². The summed E-state index contributed by atoms with van der Waals surface area (Å²) in [4.78, 5) is 11.2. The first-order valence-corrected chi connectivity index (χ1v) is 4.99. The molecule has 1 amide bonds. The molecule has 0 heterocycles. The summed E-state index contributed by atoms with van der Waals surface area (Å²) in [5, 5.41) is 1.83. The van der Waals surface area contributed by atoms with Crippen LogP contribution in [0.15, 0.2) is 0 Å². The molecule has 0 radical (unpaired) electrons. The molecular weight excluding hydrogens is 223 g/mol. The van der Waals surface area contributed by atoms with Crippen molar-refractivity contribution in [1.29, 1.82) is 0 Å². The summed E-state index contributed by atoms with van der Waals surface area (Å²) in [6.07, 6.45) is -5.52. The fourth-order valence-corrected chi connectivity index (χ4v) is 1.06. The fraction of sp³-hybridized carbons (Fsp3) is 0.900. The predicted octanol–water partition coefficient (Wildman–Crippen LogP) is 3.10. The average Bonchev–Trinajstić information content (AvgIpc) is 1.93. The maximum absolute atomic E-state index is 12.5. The van der Waals surface area contributed by atoms with E-state index in [1.54, 1.807) is 20.8 Å². The first-order chi connectivity index (χ1) is 6.93. The number of ether oxygens (including phenoxy) is 1. The van der Waals surface area contributed by atoms with Crippen molar-refractivity contribution < 1.29 is 22.7 Å². The number of carbonyl (C=O) groups is 1. The third-order valence-corrected chi connectivity index (χ3v) is 1.69. The van der Waals surface area contributed by atoms with Crippen molar-refractivity contribution in [1.82, 2.24) is 5.32 Å². The standard InChI is InChI=1S/C10H18F3NO2/c1-6(2)7(10(11,12)13)14-8(15)16-9(3,4)5/h6-7H,1-5H3,(H,14,15). The lowest BCUT2D eigenvalue weighted by Gasteiger charge is -2.27. The van der Waals surface area contributed by atoms with E-state index in [0.29, 0.717) is 0 Å². The third-order valence-electron chi connectivity index (χ3n) is 1.69. The molecule has 6 heteroatoms. The lowest BCUT2D eigenvalue weighted by molar-refractivity contribution is -0.164. The smallest absolute Gasteiger partial charge is 0.408 e. The molecule has 0 saturated carbocycles. The minimum atomic E-state index is -4.47. The quantitative estimate of drug-likeness (QED) is 0.806. The normalized spacial score (nSPS) is 14.8. The van der Waals surface area contributed by atoms with E-state index in [0.717, 1.165) is 0 Å². The Morgan fingerprint density at radius 2 is 1.62 bits per heavy atom. The van der Waals surface area contributed by atoms with Crippen molar-refractivity contribution >= 4 is 6.09 Å². The fourth-order valence-electron chi connectivity index (χ4n) is 1.06. The SMILES string of the molecule is CC(C)C(NC(=O)OC(C)(C)C)C(F)(F)F. The Labute approximate surface area is 93.3 Å². The highest BCUT2D eigenvalue weighted by Crippen LogP contribution is 2.25. The number of hydrogen-bond acceptors (Lipinski definition) is 2. The molecule has 0 aromatic heterocycles. The van der Waals surface area contributed by atoms with Crippen molar-refractivity contribution in [2.24, 2.45) is 5.92 Å². The zero-order chi connectivity index (χ0) is 13.1. The molecule has 0 saturated heterocycles. The second kappa shape index (κ2) is 4.93. The summed E-state index contributed by atoms with van der Waals surface area (Å²) in [6, 6.07) is -1.89. The Morgan fingerprint density at radius 1 is 1.19 bits per heavy atom. The monoisotopic (exact) mass is 241 g/mol. The number of nitrogens with one attached hydrogen (secondary N) is 1. The number of alkyl carbamates (subject to hydrolysis) is 1. The van der Waals surface area contributed by atoms with Crippen LogP contribution in [-0.2, 0) is 4.74 Å². The first kappa shape index (κ1) is 15.1. The summed E-state index contributed by atoms with van der Waals surface area (Å²) in [5.41, 5.74) is -0.808. The molecule has 16 heavy (non-hydrogen) atoms. The van der Waals surface area contributed by atoms with Crippen LogP contribution in [0.3, 0.4) is 0 Å². The molecule has 0 aliphatic carbocycles. The minimum absolute atomic E-state index is 0.743. The van der Waals surface area contributed by atoms with E-state index in [2.05, 4.69) is 0 Å². The van der Waals surface area contributed by atoms with E-state index in [9.17, 15) is 18.0 Å². The van der Waals surface area contributed by atoms with Gasteiger partial charge in [-0.2, -0.15) is 13.2 Å². The molecule has 1 atom stereocenters. The van der Waals surface area contributed by atoms with Crippen LogP contribution in [0.1, 0.15) is 34.6 Å². The second-order valence-electron chi connectivity index (χ2n) is 4.91. The van der Waals surface area contributed by atoms with Gasteiger partial charge in [-0.05, 0) is 26.7 Å². The molecule has 0 rings (SSSR count). The number of halogens is 3. The van der Waals surface area contributed by atoms with Gasteiger partial charge in [0.15, 0.2) is 0 Å². The molecule has 0 bridgehead atoms. The van der Waals surface area contributed by atoms with Crippen LogP contribution in [-0.4, -0.2) is 23.9 Å². The largest absolute Gasteiger partial charge is 0.444 e. The van der Waals surface area contributed by atoms with Crippen LogP contribution in [0, 0.1) is 5.92 Å². The predicted molar refractivity (Wildman–Crippen MR) is 54.1 cm³/mol. The summed E-state index contributed by atoms with van der Waals surface area (Å²) < 4.78 is 42.2. The van der Waals surface area contributed by atoms with Gasteiger partial charge in [0.2, 0.25) is 0 Å². The van der Waals surface area contributed by atoms with E-state index in [-0.39, 0.29) is 0 Å². The highest BCUT2D eigenvalue weighted by Gasteiger charge is 2.43. The molecule has 0 aliphatic rings. The lowest BCUT2D eigenvalue weighted by atomic mass is 10.0. The summed E-state index contributed by atoms with van der Waals surface area (Å²) in [6.45, 7) is 7.53. The van der Waals surface area contributed by atoms with Crippen molar-refractivity contribution in [2.75, 3.05) is 0 Å². The van der Waals surface area contributed by atoms with Crippen LogP contribution >= 0.6 is 0 Å². The van der Waals surface area contributed by atoms with Gasteiger partial charge in [0, 0.05) is 0 Å². The molecular formula is C10H18F3NO2. The minimum Gasteiger partial charge on any atom is -0.444 e. The van der Waals surface area contributed by atoms with Gasteiger partial charge in [-0.3, -0.25) is 0 Å². The molecule has 0 spiro atoms. The average molecular weight is 241 g/mol. The molecule has 96 valence electrons. The van der Waals surface area contributed by atoms with Crippen LogP contribution in [0.5, 0.6) is 0 Å². The van der Waals surface area contributed by atoms with Crippen LogP contribution in [0.2, 0.25) is 0 Å². The maximum atomic E-state index is 12.5. The van der Waals surface area contributed by atoms with E-state index >= 15 is 0 Å². The van der Waals surface area contributed by atoms with Gasteiger partial charge in [-0.25, -0.2) is 4.79 Å².